The first kappa shape index (κ1) is 23.5. The molecule has 1 fully saturated rings. The van der Waals surface area contributed by atoms with Gasteiger partial charge in [-0.3, -0.25) is 4.79 Å². The van der Waals surface area contributed by atoms with E-state index in [0.29, 0.717) is 24.6 Å². The largest absolute Gasteiger partial charge is 0.354 e. The number of benzene rings is 2. The Morgan fingerprint density at radius 1 is 1.09 bits per heavy atom. The van der Waals surface area contributed by atoms with Crippen molar-refractivity contribution in [2.45, 2.75) is 40.0 Å². The number of H-pyrrole nitrogens is 1. The van der Waals surface area contributed by atoms with E-state index in [2.05, 4.69) is 56.1 Å². The summed E-state index contributed by atoms with van der Waals surface area (Å²) < 4.78 is 0. The maximum Gasteiger partial charge on any atom is 0.274 e. The van der Waals surface area contributed by atoms with E-state index in [1.165, 1.54) is 29.5 Å². The minimum atomic E-state index is 0.0144. The SMILES string of the molecule is Cc1cccc(-c2sc(N(C)C)nc2C(=O)N(CCc2nc3cc(C)c(C)cc3[nH]2)CC2CC2)c1. The molecule has 1 aliphatic carbocycles. The molecule has 4 aromatic rings. The number of aromatic amines is 1. The maximum absolute atomic E-state index is 13.9. The summed E-state index contributed by atoms with van der Waals surface area (Å²) in [5, 5.41) is 0.847. The van der Waals surface area contributed by atoms with Crippen LogP contribution in [-0.2, 0) is 6.42 Å². The first-order valence-corrected chi connectivity index (χ1v) is 13.1. The number of carbonyl (C=O) groups excluding carboxylic acids is 1. The Hall–Kier alpha value is -3.19. The summed E-state index contributed by atoms with van der Waals surface area (Å²) in [5.74, 6) is 1.53. The van der Waals surface area contributed by atoms with Crippen LogP contribution in [0.2, 0.25) is 0 Å². The fourth-order valence-electron chi connectivity index (χ4n) is 4.35. The molecule has 1 saturated carbocycles. The Bertz CT molecular complexity index is 1340. The molecule has 0 atom stereocenters. The van der Waals surface area contributed by atoms with Gasteiger partial charge >= 0.3 is 0 Å². The number of aryl methyl sites for hydroxylation is 3. The third-order valence-corrected chi connectivity index (χ3v) is 7.98. The lowest BCUT2D eigenvalue weighted by Crippen LogP contribution is -2.35. The molecular weight excluding hydrogens is 454 g/mol. The van der Waals surface area contributed by atoms with E-state index >= 15 is 0 Å². The van der Waals surface area contributed by atoms with Gasteiger partial charge in [0.2, 0.25) is 0 Å². The van der Waals surface area contributed by atoms with E-state index in [-0.39, 0.29) is 5.91 Å². The number of carbonyl (C=O) groups is 1. The number of fused-ring (bicyclic) bond motifs is 1. The molecule has 0 saturated heterocycles. The van der Waals surface area contributed by atoms with Crippen LogP contribution in [0.15, 0.2) is 36.4 Å². The molecule has 0 unspecified atom stereocenters. The van der Waals surface area contributed by atoms with Gasteiger partial charge in [-0.05, 0) is 68.4 Å². The van der Waals surface area contributed by atoms with Crippen molar-refractivity contribution in [3.05, 3.63) is 64.6 Å². The van der Waals surface area contributed by atoms with Crippen LogP contribution in [-0.4, -0.2) is 52.9 Å². The zero-order valence-electron chi connectivity index (χ0n) is 21.2. The second-order valence-electron chi connectivity index (χ2n) is 10.0. The first-order chi connectivity index (χ1) is 16.8. The standard InChI is InChI=1S/C28H33N5OS/c1-17-7-6-8-21(13-17)26-25(31-28(35-26)32(4)5)27(34)33(16-20-9-10-20)12-11-24-29-22-14-18(2)19(3)15-23(22)30-24/h6-8,13-15,20H,9-12,16H2,1-5H3,(H,29,30). The Kier molecular flexibility index (Phi) is 6.36. The first-order valence-electron chi connectivity index (χ1n) is 12.3. The molecule has 2 aromatic heterocycles. The van der Waals surface area contributed by atoms with Crippen LogP contribution >= 0.6 is 11.3 Å². The molecule has 0 bridgehead atoms. The summed E-state index contributed by atoms with van der Waals surface area (Å²) in [7, 11) is 3.94. The van der Waals surface area contributed by atoms with E-state index in [1.54, 1.807) is 11.3 Å². The Morgan fingerprint density at radius 3 is 2.57 bits per heavy atom. The monoisotopic (exact) mass is 487 g/mol. The number of rotatable bonds is 8. The summed E-state index contributed by atoms with van der Waals surface area (Å²) in [4.78, 5) is 31.9. The van der Waals surface area contributed by atoms with Crippen molar-refractivity contribution in [3.63, 3.8) is 0 Å². The zero-order valence-corrected chi connectivity index (χ0v) is 22.0. The fraction of sp³-hybridized carbons (Fsp3) is 0.393. The number of anilines is 1. The maximum atomic E-state index is 13.9. The molecule has 182 valence electrons. The fourth-order valence-corrected chi connectivity index (χ4v) is 5.32. The van der Waals surface area contributed by atoms with Crippen molar-refractivity contribution >= 4 is 33.4 Å². The number of thiazole rings is 1. The second kappa shape index (κ2) is 9.46. The average molecular weight is 488 g/mol. The van der Waals surface area contributed by atoms with Crippen molar-refractivity contribution in [2.75, 3.05) is 32.1 Å². The molecule has 0 aliphatic heterocycles. The molecule has 2 heterocycles. The van der Waals surface area contributed by atoms with Gasteiger partial charge in [-0.1, -0.05) is 41.2 Å². The molecule has 0 radical (unpaired) electrons. The molecule has 1 aliphatic rings. The molecule has 0 spiro atoms. The number of nitrogens with zero attached hydrogens (tertiary/aromatic N) is 4. The van der Waals surface area contributed by atoms with Gasteiger partial charge in [0.15, 0.2) is 5.13 Å². The normalized spacial score (nSPS) is 13.4. The zero-order chi connectivity index (χ0) is 24.7. The van der Waals surface area contributed by atoms with Gasteiger partial charge in [0.1, 0.15) is 11.5 Å². The van der Waals surface area contributed by atoms with Crippen molar-refractivity contribution in [3.8, 4) is 10.4 Å². The van der Waals surface area contributed by atoms with E-state index < -0.39 is 0 Å². The predicted octanol–water partition coefficient (Wildman–Crippen LogP) is 5.77. The van der Waals surface area contributed by atoms with Crippen LogP contribution in [0.3, 0.4) is 0 Å². The van der Waals surface area contributed by atoms with E-state index in [1.807, 2.05) is 30.0 Å². The lowest BCUT2D eigenvalue weighted by Gasteiger charge is -2.22. The lowest BCUT2D eigenvalue weighted by atomic mass is 10.1. The Balaban J connectivity index is 1.43. The van der Waals surface area contributed by atoms with Gasteiger partial charge in [0.05, 0.1) is 15.9 Å². The minimum absolute atomic E-state index is 0.0144. The quantitative estimate of drug-likeness (QED) is 0.343. The minimum Gasteiger partial charge on any atom is -0.354 e. The lowest BCUT2D eigenvalue weighted by molar-refractivity contribution is 0.0744. The smallest absolute Gasteiger partial charge is 0.274 e. The van der Waals surface area contributed by atoms with Crippen molar-refractivity contribution in [1.29, 1.82) is 0 Å². The van der Waals surface area contributed by atoms with Crippen LogP contribution in [0.25, 0.3) is 21.5 Å². The topological polar surface area (TPSA) is 65.1 Å². The molecular formula is C28H33N5OS. The highest BCUT2D eigenvalue weighted by Gasteiger charge is 2.30. The summed E-state index contributed by atoms with van der Waals surface area (Å²) in [5.41, 5.74) is 7.31. The van der Waals surface area contributed by atoms with Crippen LogP contribution in [0.1, 0.15) is 45.8 Å². The molecule has 1 N–H and O–H groups in total. The highest BCUT2D eigenvalue weighted by molar-refractivity contribution is 7.19. The summed E-state index contributed by atoms with van der Waals surface area (Å²) in [6.45, 7) is 7.71. The van der Waals surface area contributed by atoms with Crippen molar-refractivity contribution in [1.82, 2.24) is 19.9 Å². The third-order valence-electron chi connectivity index (χ3n) is 6.71. The van der Waals surface area contributed by atoms with Gasteiger partial charge in [-0.15, -0.1) is 0 Å². The summed E-state index contributed by atoms with van der Waals surface area (Å²) in [6, 6.07) is 12.6. The van der Waals surface area contributed by atoms with E-state index in [9.17, 15) is 4.79 Å². The van der Waals surface area contributed by atoms with E-state index in [0.717, 1.165) is 39.0 Å². The van der Waals surface area contributed by atoms with Gasteiger partial charge in [-0.2, -0.15) is 0 Å². The second-order valence-corrected chi connectivity index (χ2v) is 11.0. The van der Waals surface area contributed by atoms with Gasteiger partial charge in [-0.25, -0.2) is 9.97 Å². The molecule has 35 heavy (non-hydrogen) atoms. The number of nitrogens with one attached hydrogen (secondary N) is 1. The van der Waals surface area contributed by atoms with Crippen LogP contribution < -0.4 is 4.90 Å². The number of aromatic nitrogens is 3. The molecule has 5 rings (SSSR count). The van der Waals surface area contributed by atoms with E-state index in [4.69, 9.17) is 9.97 Å². The predicted molar refractivity (Wildman–Crippen MR) is 145 cm³/mol. The van der Waals surface area contributed by atoms with Crippen LogP contribution in [0.4, 0.5) is 5.13 Å². The molecule has 2 aromatic carbocycles. The summed E-state index contributed by atoms with van der Waals surface area (Å²) in [6.07, 6.45) is 3.07. The van der Waals surface area contributed by atoms with Gasteiger partial charge in [0.25, 0.3) is 5.91 Å². The van der Waals surface area contributed by atoms with Crippen molar-refractivity contribution < 1.29 is 4.79 Å². The Morgan fingerprint density at radius 2 is 1.86 bits per heavy atom. The number of imidazole rings is 1. The van der Waals surface area contributed by atoms with Crippen LogP contribution in [0, 0.1) is 26.7 Å². The van der Waals surface area contributed by atoms with Gasteiger partial charge in [0, 0.05) is 33.6 Å². The van der Waals surface area contributed by atoms with Crippen LogP contribution in [0.5, 0.6) is 0 Å². The molecule has 6 nitrogen and oxygen atoms in total. The number of amides is 1. The highest BCUT2D eigenvalue weighted by Crippen LogP contribution is 2.36. The number of hydrogen-bond acceptors (Lipinski definition) is 5. The molecule has 1 amide bonds. The highest BCUT2D eigenvalue weighted by atomic mass is 32.1. The van der Waals surface area contributed by atoms with Gasteiger partial charge < -0.3 is 14.8 Å². The third kappa shape index (κ3) is 5.10. The van der Waals surface area contributed by atoms with Crippen molar-refractivity contribution in [2.24, 2.45) is 5.92 Å². The Labute approximate surface area is 211 Å². The molecule has 7 heteroatoms. The number of hydrogen-bond donors (Lipinski definition) is 1. The average Bonchev–Trinajstić information content (AvgIpc) is 3.38. The summed E-state index contributed by atoms with van der Waals surface area (Å²) >= 11 is 1.58.